The molecular weight excluding hydrogens is 171 g/mol. The number of aliphatic hydroxyl groups is 1. The lowest BCUT2D eigenvalue weighted by molar-refractivity contribution is 0.114. The van der Waals surface area contributed by atoms with Crippen LogP contribution < -0.4 is 0 Å². The smallest absolute Gasteiger partial charge is 0.209 e. The molecule has 0 aromatic rings. The molecule has 0 amide bonds. The average Bonchev–Trinajstić information content (AvgIpc) is 2.48. The van der Waals surface area contributed by atoms with Crippen molar-refractivity contribution in [1.82, 2.24) is 4.90 Å². The fraction of sp³-hybridized carbons (Fsp3) is 0.889. The van der Waals surface area contributed by atoms with Crippen LogP contribution in [0.1, 0.15) is 19.8 Å². The first-order valence-electron chi connectivity index (χ1n) is 4.60. The highest BCUT2D eigenvalue weighted by Crippen LogP contribution is 2.24. The predicted molar refractivity (Wildman–Crippen MR) is 46.8 cm³/mol. The minimum Gasteiger partial charge on any atom is -0.392 e. The third-order valence-electron chi connectivity index (χ3n) is 2.44. The minimum atomic E-state index is -1.69. The first-order valence-corrected chi connectivity index (χ1v) is 4.60. The molecule has 0 radical (unpaired) electrons. The monoisotopic (exact) mass is 186 g/mol. The SMILES string of the molecule is CCC(O)CN1CCC(F)(C#N)C1. The molecule has 4 heteroatoms. The van der Waals surface area contributed by atoms with E-state index in [1.165, 1.54) is 0 Å². The van der Waals surface area contributed by atoms with Crippen LogP contribution in [0.15, 0.2) is 0 Å². The van der Waals surface area contributed by atoms with Crippen molar-refractivity contribution in [2.45, 2.75) is 31.5 Å². The van der Waals surface area contributed by atoms with Crippen LogP contribution in [0.3, 0.4) is 0 Å². The first-order chi connectivity index (χ1) is 6.09. The zero-order valence-corrected chi connectivity index (χ0v) is 7.83. The van der Waals surface area contributed by atoms with Gasteiger partial charge in [0.15, 0.2) is 0 Å². The lowest BCUT2D eigenvalue weighted by Gasteiger charge is -2.18. The molecule has 1 heterocycles. The van der Waals surface area contributed by atoms with Crippen molar-refractivity contribution in [2.24, 2.45) is 0 Å². The Kier molecular flexibility index (Phi) is 3.23. The molecule has 2 atom stereocenters. The van der Waals surface area contributed by atoms with E-state index in [0.29, 0.717) is 19.5 Å². The molecule has 0 aromatic carbocycles. The van der Waals surface area contributed by atoms with E-state index in [1.807, 2.05) is 6.92 Å². The number of hydrogen-bond donors (Lipinski definition) is 1. The number of halogens is 1. The maximum absolute atomic E-state index is 13.4. The summed E-state index contributed by atoms with van der Waals surface area (Å²) in [5.41, 5.74) is -1.69. The molecule has 13 heavy (non-hydrogen) atoms. The third-order valence-corrected chi connectivity index (χ3v) is 2.44. The van der Waals surface area contributed by atoms with E-state index in [0.717, 1.165) is 0 Å². The third kappa shape index (κ3) is 2.64. The van der Waals surface area contributed by atoms with Gasteiger partial charge in [-0.1, -0.05) is 6.92 Å². The average molecular weight is 186 g/mol. The number of β-amino-alcohol motifs (C(OH)–C–C–N with tert-alkyl or cyclic N) is 1. The maximum atomic E-state index is 13.4. The van der Waals surface area contributed by atoms with Gasteiger partial charge in [0, 0.05) is 26.1 Å². The second kappa shape index (κ2) is 4.03. The van der Waals surface area contributed by atoms with Crippen molar-refractivity contribution in [2.75, 3.05) is 19.6 Å². The number of aliphatic hydroxyl groups excluding tert-OH is 1. The molecule has 0 bridgehead atoms. The fourth-order valence-electron chi connectivity index (χ4n) is 1.52. The lowest BCUT2D eigenvalue weighted by Crippen LogP contribution is -2.33. The topological polar surface area (TPSA) is 47.3 Å². The van der Waals surface area contributed by atoms with Gasteiger partial charge in [-0.05, 0) is 6.42 Å². The summed E-state index contributed by atoms with van der Waals surface area (Å²) in [7, 11) is 0. The minimum absolute atomic E-state index is 0.139. The van der Waals surface area contributed by atoms with Crippen molar-refractivity contribution < 1.29 is 9.50 Å². The number of alkyl halides is 1. The van der Waals surface area contributed by atoms with E-state index in [2.05, 4.69) is 0 Å². The van der Waals surface area contributed by atoms with E-state index in [1.54, 1.807) is 11.0 Å². The molecule has 1 aliphatic heterocycles. The Morgan fingerprint density at radius 2 is 2.46 bits per heavy atom. The molecule has 1 N–H and O–H groups in total. The van der Waals surface area contributed by atoms with Crippen molar-refractivity contribution in [3.8, 4) is 6.07 Å². The normalized spacial score (nSPS) is 31.5. The molecule has 3 nitrogen and oxygen atoms in total. The molecular formula is C9H15FN2O. The Morgan fingerprint density at radius 3 is 2.92 bits per heavy atom. The van der Waals surface area contributed by atoms with Crippen LogP contribution in [-0.4, -0.2) is 41.4 Å². The summed E-state index contributed by atoms with van der Waals surface area (Å²) in [6.07, 6.45) is 0.531. The maximum Gasteiger partial charge on any atom is 0.209 e. The highest BCUT2D eigenvalue weighted by Gasteiger charge is 2.38. The molecule has 1 saturated heterocycles. The molecule has 1 aliphatic rings. The largest absolute Gasteiger partial charge is 0.392 e. The summed E-state index contributed by atoms with van der Waals surface area (Å²) in [5, 5.41) is 17.8. The van der Waals surface area contributed by atoms with Crippen molar-refractivity contribution in [3.63, 3.8) is 0 Å². The predicted octanol–water partition coefficient (Wildman–Crippen LogP) is 0.695. The highest BCUT2D eigenvalue weighted by atomic mass is 19.1. The molecule has 0 aliphatic carbocycles. The van der Waals surface area contributed by atoms with E-state index < -0.39 is 11.8 Å². The number of hydrogen-bond acceptors (Lipinski definition) is 3. The summed E-state index contributed by atoms with van der Waals surface area (Å²) < 4.78 is 13.4. The van der Waals surface area contributed by atoms with Crippen LogP contribution in [0.25, 0.3) is 0 Å². The molecule has 0 aromatic heterocycles. The standard InChI is InChI=1S/C9H15FN2O/c1-2-8(13)5-12-4-3-9(10,6-11)7-12/h8,13H,2-5,7H2,1H3. The van der Waals surface area contributed by atoms with Gasteiger partial charge in [0.25, 0.3) is 0 Å². The summed E-state index contributed by atoms with van der Waals surface area (Å²) in [6, 6.07) is 1.67. The highest BCUT2D eigenvalue weighted by molar-refractivity contribution is 5.07. The van der Waals surface area contributed by atoms with E-state index in [-0.39, 0.29) is 13.0 Å². The van der Waals surface area contributed by atoms with Gasteiger partial charge >= 0.3 is 0 Å². The van der Waals surface area contributed by atoms with Crippen LogP contribution >= 0.6 is 0 Å². The van der Waals surface area contributed by atoms with Gasteiger partial charge in [-0.25, -0.2) is 4.39 Å². The van der Waals surface area contributed by atoms with Crippen molar-refractivity contribution in [3.05, 3.63) is 0 Å². The second-order valence-electron chi connectivity index (χ2n) is 3.62. The molecule has 2 unspecified atom stereocenters. The Morgan fingerprint density at radius 1 is 1.77 bits per heavy atom. The number of likely N-dealkylation sites (tertiary alicyclic amines) is 1. The number of nitrogens with zero attached hydrogens (tertiary/aromatic N) is 2. The van der Waals surface area contributed by atoms with Gasteiger partial charge in [-0.15, -0.1) is 0 Å². The molecule has 0 spiro atoms. The molecule has 1 rings (SSSR count). The second-order valence-corrected chi connectivity index (χ2v) is 3.62. The van der Waals surface area contributed by atoms with Gasteiger partial charge < -0.3 is 5.11 Å². The van der Waals surface area contributed by atoms with Crippen LogP contribution in [0, 0.1) is 11.3 Å². The fourth-order valence-corrected chi connectivity index (χ4v) is 1.52. The van der Waals surface area contributed by atoms with Crippen LogP contribution in [0.2, 0.25) is 0 Å². The van der Waals surface area contributed by atoms with Gasteiger partial charge in [0.1, 0.15) is 6.07 Å². The van der Waals surface area contributed by atoms with Gasteiger partial charge in [-0.2, -0.15) is 5.26 Å². The summed E-state index contributed by atoms with van der Waals surface area (Å²) >= 11 is 0. The Bertz CT molecular complexity index is 216. The zero-order valence-electron chi connectivity index (χ0n) is 7.83. The van der Waals surface area contributed by atoms with Crippen LogP contribution in [-0.2, 0) is 0 Å². The Hall–Kier alpha value is -0.660. The van der Waals surface area contributed by atoms with E-state index >= 15 is 0 Å². The molecule has 74 valence electrons. The van der Waals surface area contributed by atoms with Gasteiger partial charge in [0.2, 0.25) is 5.67 Å². The number of rotatable bonds is 3. The molecule has 1 fully saturated rings. The zero-order chi connectivity index (χ0) is 9.90. The Balaban J connectivity index is 2.38. The number of nitriles is 1. The summed E-state index contributed by atoms with van der Waals surface area (Å²) in [6.45, 7) is 3.07. The van der Waals surface area contributed by atoms with E-state index in [9.17, 15) is 9.50 Å². The van der Waals surface area contributed by atoms with Crippen molar-refractivity contribution >= 4 is 0 Å². The van der Waals surface area contributed by atoms with Crippen LogP contribution in [0.5, 0.6) is 0 Å². The summed E-state index contributed by atoms with van der Waals surface area (Å²) in [4.78, 5) is 1.80. The van der Waals surface area contributed by atoms with Gasteiger partial charge in [0.05, 0.1) is 6.10 Å². The van der Waals surface area contributed by atoms with Gasteiger partial charge in [-0.3, -0.25) is 4.90 Å². The molecule has 0 saturated carbocycles. The quantitative estimate of drug-likeness (QED) is 0.705. The van der Waals surface area contributed by atoms with Crippen molar-refractivity contribution in [1.29, 1.82) is 5.26 Å². The lowest BCUT2D eigenvalue weighted by atomic mass is 10.1. The van der Waals surface area contributed by atoms with E-state index in [4.69, 9.17) is 5.26 Å². The van der Waals surface area contributed by atoms with Crippen LogP contribution in [0.4, 0.5) is 4.39 Å². The summed E-state index contributed by atoms with van der Waals surface area (Å²) in [5.74, 6) is 0. The first kappa shape index (κ1) is 10.4. The Labute approximate surface area is 77.8 Å².